The number of hydrogen-bond acceptors (Lipinski definition) is 5. The third kappa shape index (κ3) is 3.31. The maximum absolute atomic E-state index is 9.27. The molecule has 1 aromatic heterocycles. The number of rotatable bonds is 4. The summed E-state index contributed by atoms with van der Waals surface area (Å²) in [6.45, 7) is 4.27. The summed E-state index contributed by atoms with van der Waals surface area (Å²) in [4.78, 5) is 3.57. The molecule has 0 bridgehead atoms. The van der Waals surface area contributed by atoms with Crippen molar-refractivity contribution < 1.29 is 9.84 Å². The number of hydrogen-bond donors (Lipinski definition) is 2. The zero-order valence-electron chi connectivity index (χ0n) is 10.4. The number of nitrogens with zero attached hydrogens (tertiary/aromatic N) is 1. The van der Waals surface area contributed by atoms with Crippen LogP contribution in [0.15, 0.2) is 15.9 Å². The van der Waals surface area contributed by atoms with Gasteiger partial charge in [-0.3, -0.25) is 4.90 Å². The summed E-state index contributed by atoms with van der Waals surface area (Å²) < 4.78 is 6.78. The lowest BCUT2D eigenvalue weighted by Gasteiger charge is -2.40. The Morgan fingerprint density at radius 2 is 2.39 bits per heavy atom. The Balaban J connectivity index is 2.11. The molecule has 1 aliphatic heterocycles. The minimum atomic E-state index is -0.105. The smallest absolute Gasteiger partial charge is 0.0936 e. The fraction of sp³-hybridized carbons (Fsp3) is 0.667. The van der Waals surface area contributed by atoms with E-state index in [1.54, 1.807) is 11.3 Å². The van der Waals surface area contributed by atoms with Crippen LogP contribution in [0.2, 0.25) is 0 Å². The Kier molecular flexibility index (Phi) is 5.17. The van der Waals surface area contributed by atoms with Crippen molar-refractivity contribution in [1.29, 1.82) is 0 Å². The minimum absolute atomic E-state index is 0.0618. The summed E-state index contributed by atoms with van der Waals surface area (Å²) in [5, 5.41) is 9.27. The van der Waals surface area contributed by atoms with E-state index in [-0.39, 0.29) is 24.9 Å². The molecule has 0 radical (unpaired) electrons. The first-order valence-electron chi connectivity index (χ1n) is 6.09. The summed E-state index contributed by atoms with van der Waals surface area (Å²) in [7, 11) is 0. The summed E-state index contributed by atoms with van der Waals surface area (Å²) in [6, 6.07) is 4.37. The molecule has 3 unspecified atom stereocenters. The van der Waals surface area contributed by atoms with Crippen molar-refractivity contribution in [3.05, 3.63) is 20.8 Å². The Morgan fingerprint density at radius 1 is 1.61 bits per heavy atom. The molecule has 4 nitrogen and oxygen atoms in total. The first-order valence-corrected chi connectivity index (χ1v) is 7.70. The standard InChI is InChI=1S/C12H19BrN2O2S/c1-8-5-15(6-9(7-16)17-8)10(4-14)11-2-3-12(13)18-11/h2-3,8-10,16H,4-7,14H2,1H3. The molecule has 0 amide bonds. The molecule has 2 heterocycles. The summed E-state index contributed by atoms with van der Waals surface area (Å²) in [5.74, 6) is 0. The van der Waals surface area contributed by atoms with Crippen LogP contribution in [0, 0.1) is 0 Å². The van der Waals surface area contributed by atoms with Gasteiger partial charge in [0.2, 0.25) is 0 Å². The van der Waals surface area contributed by atoms with Crippen LogP contribution in [0.1, 0.15) is 17.8 Å². The monoisotopic (exact) mass is 334 g/mol. The molecule has 6 heteroatoms. The van der Waals surface area contributed by atoms with Gasteiger partial charge in [0.15, 0.2) is 0 Å². The van der Waals surface area contributed by atoms with Crippen molar-refractivity contribution in [2.24, 2.45) is 5.73 Å². The number of halogens is 1. The highest BCUT2D eigenvalue weighted by atomic mass is 79.9. The molecule has 3 N–H and O–H groups in total. The van der Waals surface area contributed by atoms with Gasteiger partial charge >= 0.3 is 0 Å². The average molecular weight is 335 g/mol. The van der Waals surface area contributed by atoms with Crippen molar-refractivity contribution in [3.8, 4) is 0 Å². The molecule has 1 fully saturated rings. The van der Waals surface area contributed by atoms with Crippen LogP contribution in [0.3, 0.4) is 0 Å². The second kappa shape index (κ2) is 6.45. The summed E-state index contributed by atoms with van der Waals surface area (Å²) in [5.41, 5.74) is 5.92. The van der Waals surface area contributed by atoms with E-state index in [1.807, 2.05) is 6.92 Å². The molecule has 0 spiro atoms. The molecule has 2 rings (SSSR count). The van der Waals surface area contributed by atoms with E-state index in [0.29, 0.717) is 6.54 Å². The van der Waals surface area contributed by atoms with Gasteiger partial charge in [-0.2, -0.15) is 0 Å². The summed E-state index contributed by atoms with van der Waals surface area (Å²) in [6.07, 6.45) is 0.0274. The molecular weight excluding hydrogens is 316 g/mol. The van der Waals surface area contributed by atoms with Gasteiger partial charge in [0.05, 0.1) is 28.6 Å². The Morgan fingerprint density at radius 3 is 2.94 bits per heavy atom. The normalized spacial score (nSPS) is 27.3. The third-order valence-electron chi connectivity index (χ3n) is 3.14. The van der Waals surface area contributed by atoms with Crippen LogP contribution in [-0.2, 0) is 4.74 Å². The van der Waals surface area contributed by atoms with Crippen LogP contribution in [0.5, 0.6) is 0 Å². The maximum Gasteiger partial charge on any atom is 0.0936 e. The highest BCUT2D eigenvalue weighted by molar-refractivity contribution is 9.11. The largest absolute Gasteiger partial charge is 0.394 e. The van der Waals surface area contributed by atoms with Gasteiger partial charge in [-0.1, -0.05) is 0 Å². The van der Waals surface area contributed by atoms with Crippen LogP contribution >= 0.6 is 27.3 Å². The van der Waals surface area contributed by atoms with Crippen molar-refractivity contribution in [1.82, 2.24) is 4.90 Å². The fourth-order valence-corrected chi connectivity index (χ4v) is 3.96. The molecule has 1 aromatic rings. The molecule has 0 saturated carbocycles. The number of aliphatic hydroxyl groups excluding tert-OH is 1. The van der Waals surface area contributed by atoms with Crippen LogP contribution in [0.4, 0.5) is 0 Å². The number of thiophene rings is 1. The number of ether oxygens (including phenoxy) is 1. The number of nitrogens with two attached hydrogens (primary N) is 1. The van der Waals surface area contributed by atoms with Crippen LogP contribution in [-0.4, -0.2) is 48.5 Å². The van der Waals surface area contributed by atoms with E-state index >= 15 is 0 Å². The molecule has 3 atom stereocenters. The van der Waals surface area contributed by atoms with Gasteiger partial charge in [-0.25, -0.2) is 0 Å². The Bertz CT molecular complexity index is 388. The van der Waals surface area contributed by atoms with Crippen molar-refractivity contribution in [3.63, 3.8) is 0 Å². The van der Waals surface area contributed by atoms with Gasteiger partial charge in [-0.15, -0.1) is 11.3 Å². The van der Waals surface area contributed by atoms with Crippen LogP contribution in [0.25, 0.3) is 0 Å². The molecule has 0 aliphatic carbocycles. The second-order valence-corrected chi connectivity index (χ2v) is 7.09. The average Bonchev–Trinajstić information content (AvgIpc) is 2.76. The van der Waals surface area contributed by atoms with E-state index in [1.165, 1.54) is 4.88 Å². The van der Waals surface area contributed by atoms with Gasteiger partial charge in [0.25, 0.3) is 0 Å². The molecule has 0 aromatic carbocycles. The zero-order valence-corrected chi connectivity index (χ0v) is 12.8. The van der Waals surface area contributed by atoms with E-state index in [4.69, 9.17) is 10.5 Å². The molecule has 1 saturated heterocycles. The predicted molar refractivity (Wildman–Crippen MR) is 76.8 cm³/mol. The fourth-order valence-electron chi connectivity index (χ4n) is 2.39. The van der Waals surface area contributed by atoms with Crippen molar-refractivity contribution in [2.75, 3.05) is 26.2 Å². The van der Waals surface area contributed by atoms with Gasteiger partial charge in [0.1, 0.15) is 0 Å². The van der Waals surface area contributed by atoms with E-state index in [2.05, 4.69) is 33.0 Å². The van der Waals surface area contributed by atoms with Gasteiger partial charge < -0.3 is 15.6 Å². The highest BCUT2D eigenvalue weighted by Gasteiger charge is 2.30. The lowest BCUT2D eigenvalue weighted by atomic mass is 10.1. The zero-order chi connectivity index (χ0) is 13.1. The molecule has 102 valence electrons. The van der Waals surface area contributed by atoms with E-state index < -0.39 is 0 Å². The predicted octanol–water partition coefficient (Wildman–Crippen LogP) is 1.59. The summed E-state index contributed by atoms with van der Waals surface area (Å²) >= 11 is 5.20. The third-order valence-corrected chi connectivity index (χ3v) is 4.87. The van der Waals surface area contributed by atoms with Crippen molar-refractivity contribution in [2.45, 2.75) is 25.2 Å². The first-order chi connectivity index (χ1) is 8.63. The number of aliphatic hydroxyl groups is 1. The topological polar surface area (TPSA) is 58.7 Å². The minimum Gasteiger partial charge on any atom is -0.394 e. The number of morpholine rings is 1. The molecular formula is C12H19BrN2O2S. The lowest BCUT2D eigenvalue weighted by Crippen LogP contribution is -2.50. The Labute approximate surface area is 120 Å². The first kappa shape index (κ1) is 14.4. The Hall–Kier alpha value is 0.0200. The SMILES string of the molecule is CC1CN(C(CN)c2ccc(Br)s2)CC(CO)O1. The quantitative estimate of drug-likeness (QED) is 0.877. The lowest BCUT2D eigenvalue weighted by molar-refractivity contribution is -0.105. The molecule has 18 heavy (non-hydrogen) atoms. The van der Waals surface area contributed by atoms with Crippen LogP contribution < -0.4 is 5.73 Å². The van der Waals surface area contributed by atoms with E-state index in [9.17, 15) is 5.11 Å². The van der Waals surface area contributed by atoms with Gasteiger partial charge in [-0.05, 0) is 35.0 Å². The highest BCUT2D eigenvalue weighted by Crippen LogP contribution is 2.31. The van der Waals surface area contributed by atoms with Gasteiger partial charge in [0, 0.05) is 24.5 Å². The van der Waals surface area contributed by atoms with Crippen molar-refractivity contribution >= 4 is 27.3 Å². The maximum atomic E-state index is 9.27. The van der Waals surface area contributed by atoms with E-state index in [0.717, 1.165) is 16.9 Å². The second-order valence-electron chi connectivity index (χ2n) is 4.60. The molecule has 1 aliphatic rings.